The topological polar surface area (TPSA) is 70.4 Å². The smallest absolute Gasteiger partial charge is 0.217 e. The van der Waals surface area contributed by atoms with Gasteiger partial charge in [-0.15, -0.1) is 0 Å². The number of hydrogen-bond acceptors (Lipinski definition) is 4. The zero-order chi connectivity index (χ0) is 15.2. The van der Waals surface area contributed by atoms with Gasteiger partial charge in [-0.1, -0.05) is 6.92 Å². The van der Waals surface area contributed by atoms with Crippen molar-refractivity contribution < 1.29 is 9.90 Å². The van der Waals surface area contributed by atoms with Crippen LogP contribution in [-0.4, -0.2) is 50.9 Å². The minimum absolute atomic E-state index is 0.0756. The summed E-state index contributed by atoms with van der Waals surface area (Å²) in [7, 11) is 0. The fraction of sp³-hybridized carbons (Fsp3) is 0.733. The summed E-state index contributed by atoms with van der Waals surface area (Å²) in [6, 6.07) is -0.129. The van der Waals surface area contributed by atoms with Crippen LogP contribution in [0.4, 0.5) is 0 Å². The van der Waals surface area contributed by atoms with Crippen molar-refractivity contribution in [2.24, 2.45) is 0 Å². The quantitative estimate of drug-likeness (QED) is 0.841. The summed E-state index contributed by atoms with van der Waals surface area (Å²) in [5.74, 6) is -0.0756. The van der Waals surface area contributed by atoms with E-state index in [9.17, 15) is 9.90 Å². The maximum absolute atomic E-state index is 11.2. The van der Waals surface area contributed by atoms with Crippen molar-refractivity contribution in [1.82, 2.24) is 20.0 Å². The Morgan fingerprint density at radius 2 is 2.24 bits per heavy atom. The van der Waals surface area contributed by atoms with Gasteiger partial charge >= 0.3 is 0 Å². The summed E-state index contributed by atoms with van der Waals surface area (Å²) < 4.78 is 1.97. The number of carbonyl (C=O) groups is 1. The molecule has 2 rings (SSSR count). The maximum atomic E-state index is 11.2. The fourth-order valence-corrected chi connectivity index (χ4v) is 2.83. The highest BCUT2D eigenvalue weighted by Crippen LogP contribution is 2.14. The second kappa shape index (κ2) is 7.56. The number of carbonyl (C=O) groups excluding carboxylic acids is 1. The van der Waals surface area contributed by atoms with E-state index in [1.54, 1.807) is 0 Å². The van der Waals surface area contributed by atoms with Crippen molar-refractivity contribution in [3.63, 3.8) is 0 Å². The summed E-state index contributed by atoms with van der Waals surface area (Å²) >= 11 is 0. The van der Waals surface area contributed by atoms with Gasteiger partial charge in [0.1, 0.15) is 0 Å². The number of nitrogens with zero attached hydrogens (tertiary/aromatic N) is 3. The molecule has 1 aromatic heterocycles. The number of aliphatic hydroxyl groups is 1. The molecule has 21 heavy (non-hydrogen) atoms. The Bertz CT molecular complexity index is 460. The number of likely N-dealkylation sites (tertiary alicyclic amines) is 1. The van der Waals surface area contributed by atoms with E-state index in [4.69, 9.17) is 0 Å². The monoisotopic (exact) mass is 294 g/mol. The standard InChI is InChI=1S/C15H26N4O2/c1-3-6-19-11-13(9-16-19)10-18-7-4-14(17-12(2)20)15(21)5-8-18/h9,11,14-15,21H,3-8,10H2,1-2H3,(H,17,20)/t14-,15-/m0/s1. The molecular formula is C15H26N4O2. The van der Waals surface area contributed by atoms with Crippen LogP contribution in [0, 0.1) is 0 Å². The zero-order valence-corrected chi connectivity index (χ0v) is 13.0. The molecule has 2 heterocycles. The lowest BCUT2D eigenvalue weighted by Gasteiger charge is -2.20. The van der Waals surface area contributed by atoms with Gasteiger partial charge in [0.05, 0.1) is 18.3 Å². The van der Waals surface area contributed by atoms with E-state index in [0.29, 0.717) is 6.42 Å². The summed E-state index contributed by atoms with van der Waals surface area (Å²) in [5.41, 5.74) is 1.20. The largest absolute Gasteiger partial charge is 0.391 e. The third-order valence-electron chi connectivity index (χ3n) is 3.90. The Kier molecular flexibility index (Phi) is 5.76. The first-order chi connectivity index (χ1) is 10.1. The van der Waals surface area contributed by atoms with E-state index in [1.807, 2.05) is 10.9 Å². The minimum atomic E-state index is -0.457. The van der Waals surface area contributed by atoms with Crippen LogP contribution in [0.1, 0.15) is 38.7 Å². The van der Waals surface area contributed by atoms with Crippen LogP contribution >= 0.6 is 0 Å². The van der Waals surface area contributed by atoms with E-state index in [2.05, 4.69) is 28.4 Å². The van der Waals surface area contributed by atoms with Crippen molar-refractivity contribution >= 4 is 5.91 Å². The van der Waals surface area contributed by atoms with Gasteiger partial charge in [0.2, 0.25) is 5.91 Å². The lowest BCUT2D eigenvalue weighted by atomic mass is 10.1. The normalized spacial score (nSPS) is 23.8. The van der Waals surface area contributed by atoms with Crippen LogP contribution in [0.3, 0.4) is 0 Å². The minimum Gasteiger partial charge on any atom is -0.391 e. The van der Waals surface area contributed by atoms with Crippen LogP contribution in [0.2, 0.25) is 0 Å². The number of aliphatic hydroxyl groups excluding tert-OH is 1. The predicted octanol–water partition coefficient (Wildman–Crippen LogP) is 0.755. The molecule has 0 radical (unpaired) electrons. The van der Waals surface area contributed by atoms with Gasteiger partial charge in [-0.3, -0.25) is 14.4 Å². The number of rotatable bonds is 5. The highest BCUT2D eigenvalue weighted by atomic mass is 16.3. The molecule has 6 nitrogen and oxygen atoms in total. The van der Waals surface area contributed by atoms with Gasteiger partial charge in [-0.2, -0.15) is 5.10 Å². The Balaban J connectivity index is 1.88. The highest BCUT2D eigenvalue weighted by Gasteiger charge is 2.25. The molecule has 0 unspecified atom stereocenters. The molecule has 0 saturated carbocycles. The maximum Gasteiger partial charge on any atom is 0.217 e. The highest BCUT2D eigenvalue weighted by molar-refractivity contribution is 5.73. The molecule has 6 heteroatoms. The molecule has 1 saturated heterocycles. The van der Waals surface area contributed by atoms with Crippen LogP contribution < -0.4 is 5.32 Å². The fourth-order valence-electron chi connectivity index (χ4n) is 2.83. The Hall–Kier alpha value is -1.40. The number of hydrogen-bond donors (Lipinski definition) is 2. The Morgan fingerprint density at radius 3 is 2.95 bits per heavy atom. The van der Waals surface area contributed by atoms with Crippen LogP contribution in [0.25, 0.3) is 0 Å². The molecule has 1 aliphatic rings. The van der Waals surface area contributed by atoms with Crippen molar-refractivity contribution in [2.75, 3.05) is 13.1 Å². The molecule has 0 spiro atoms. The zero-order valence-electron chi connectivity index (χ0n) is 13.0. The first-order valence-corrected chi connectivity index (χ1v) is 7.77. The molecule has 0 aromatic carbocycles. The van der Waals surface area contributed by atoms with E-state index in [1.165, 1.54) is 12.5 Å². The molecule has 118 valence electrons. The van der Waals surface area contributed by atoms with Crippen LogP contribution in [0.15, 0.2) is 12.4 Å². The molecular weight excluding hydrogens is 268 g/mol. The molecule has 0 aliphatic carbocycles. The van der Waals surface area contributed by atoms with Crippen LogP contribution in [0.5, 0.6) is 0 Å². The van der Waals surface area contributed by atoms with Crippen molar-refractivity contribution in [3.05, 3.63) is 18.0 Å². The SMILES string of the molecule is CCCn1cc(CN2CC[C@H](NC(C)=O)[C@@H](O)CC2)cn1. The van der Waals surface area contributed by atoms with E-state index in [0.717, 1.165) is 39.0 Å². The van der Waals surface area contributed by atoms with E-state index < -0.39 is 6.10 Å². The van der Waals surface area contributed by atoms with Gasteiger partial charge in [0, 0.05) is 44.9 Å². The van der Waals surface area contributed by atoms with Gasteiger partial charge in [-0.25, -0.2) is 0 Å². The first kappa shape index (κ1) is 16.0. The molecule has 1 aliphatic heterocycles. The molecule has 2 atom stereocenters. The van der Waals surface area contributed by atoms with Gasteiger partial charge in [0.15, 0.2) is 0 Å². The summed E-state index contributed by atoms with van der Waals surface area (Å²) in [5, 5.41) is 17.3. The lowest BCUT2D eigenvalue weighted by molar-refractivity contribution is -0.120. The Labute approximate surface area is 126 Å². The van der Waals surface area contributed by atoms with Gasteiger partial charge in [0.25, 0.3) is 0 Å². The molecule has 1 amide bonds. The lowest BCUT2D eigenvalue weighted by Crippen LogP contribution is -2.42. The van der Waals surface area contributed by atoms with Crippen molar-refractivity contribution in [3.8, 4) is 0 Å². The average Bonchev–Trinajstić information content (AvgIpc) is 2.79. The average molecular weight is 294 g/mol. The summed E-state index contributed by atoms with van der Waals surface area (Å²) in [4.78, 5) is 13.5. The molecule has 1 fully saturated rings. The van der Waals surface area contributed by atoms with E-state index >= 15 is 0 Å². The van der Waals surface area contributed by atoms with E-state index in [-0.39, 0.29) is 11.9 Å². The number of amides is 1. The Morgan fingerprint density at radius 1 is 1.48 bits per heavy atom. The van der Waals surface area contributed by atoms with Crippen molar-refractivity contribution in [2.45, 2.75) is 58.3 Å². The van der Waals surface area contributed by atoms with Crippen molar-refractivity contribution in [1.29, 1.82) is 0 Å². The predicted molar refractivity (Wildman–Crippen MR) is 80.6 cm³/mol. The summed E-state index contributed by atoms with van der Waals surface area (Å²) in [6.07, 6.45) is 6.10. The van der Waals surface area contributed by atoms with Gasteiger partial charge < -0.3 is 10.4 Å². The summed E-state index contributed by atoms with van der Waals surface area (Å²) in [6.45, 7) is 7.15. The second-order valence-electron chi connectivity index (χ2n) is 5.84. The molecule has 0 bridgehead atoms. The van der Waals surface area contributed by atoms with Gasteiger partial charge in [-0.05, 0) is 19.3 Å². The first-order valence-electron chi connectivity index (χ1n) is 7.77. The number of aromatic nitrogens is 2. The number of nitrogens with one attached hydrogen (secondary N) is 1. The molecule has 1 aromatic rings. The molecule has 2 N–H and O–H groups in total. The third kappa shape index (κ3) is 4.82. The third-order valence-corrected chi connectivity index (χ3v) is 3.90. The van der Waals surface area contributed by atoms with Crippen LogP contribution in [-0.2, 0) is 17.9 Å². The second-order valence-corrected chi connectivity index (χ2v) is 5.84. The number of aryl methyl sites for hydroxylation is 1.